The minimum absolute atomic E-state index is 0.190. The molecule has 0 spiro atoms. The van der Waals surface area contributed by atoms with Gasteiger partial charge < -0.3 is 10.1 Å². The molecule has 1 aliphatic heterocycles. The van der Waals surface area contributed by atoms with Crippen LogP contribution in [0.5, 0.6) is 5.75 Å². The fourth-order valence-electron chi connectivity index (χ4n) is 1.52. The second-order valence-electron chi connectivity index (χ2n) is 3.07. The molecule has 0 aliphatic carbocycles. The van der Waals surface area contributed by atoms with Crippen LogP contribution in [0, 0.1) is 0 Å². The van der Waals surface area contributed by atoms with Gasteiger partial charge in [-0.15, -0.1) is 0 Å². The van der Waals surface area contributed by atoms with Gasteiger partial charge in [-0.2, -0.15) is 0 Å². The quantitative estimate of drug-likeness (QED) is 0.720. The molecular weight excluding hydrogens is 178 g/mol. The molecule has 0 atom stereocenters. The maximum atomic E-state index is 11.1. The monoisotopic (exact) mass is 189 g/mol. The van der Waals surface area contributed by atoms with Gasteiger partial charge in [0.05, 0.1) is 6.61 Å². The zero-order valence-electron chi connectivity index (χ0n) is 7.75. The molecule has 14 heavy (non-hydrogen) atoms. The van der Waals surface area contributed by atoms with Gasteiger partial charge in [-0.1, -0.05) is 12.6 Å². The van der Waals surface area contributed by atoms with Crippen molar-refractivity contribution in [2.45, 2.75) is 6.42 Å². The minimum Gasteiger partial charge on any atom is -0.493 e. The highest BCUT2D eigenvalue weighted by Crippen LogP contribution is 2.31. The van der Waals surface area contributed by atoms with E-state index in [4.69, 9.17) is 4.74 Å². The zero-order chi connectivity index (χ0) is 9.97. The third-order valence-electron chi connectivity index (χ3n) is 2.19. The van der Waals surface area contributed by atoms with E-state index in [1.807, 2.05) is 18.2 Å². The topological polar surface area (TPSA) is 38.3 Å². The van der Waals surface area contributed by atoms with E-state index in [-0.39, 0.29) is 5.91 Å². The first-order valence-corrected chi connectivity index (χ1v) is 4.49. The number of carbonyl (C=O) groups is 1. The van der Waals surface area contributed by atoms with Crippen molar-refractivity contribution < 1.29 is 9.53 Å². The maximum Gasteiger partial charge on any atom is 0.247 e. The molecular formula is C11H11NO2. The lowest BCUT2D eigenvalue weighted by atomic mass is 10.1. The van der Waals surface area contributed by atoms with E-state index in [0.29, 0.717) is 6.61 Å². The van der Waals surface area contributed by atoms with Crippen LogP contribution in [0.25, 0.3) is 0 Å². The van der Waals surface area contributed by atoms with Gasteiger partial charge in [-0.25, -0.2) is 0 Å². The molecule has 1 aromatic carbocycles. The number of hydrogen-bond donors (Lipinski definition) is 1. The van der Waals surface area contributed by atoms with Gasteiger partial charge in [0.25, 0.3) is 0 Å². The average molecular weight is 189 g/mol. The van der Waals surface area contributed by atoms with Gasteiger partial charge in [-0.3, -0.25) is 4.79 Å². The molecule has 0 saturated heterocycles. The molecule has 3 nitrogen and oxygen atoms in total. The van der Waals surface area contributed by atoms with Crippen LogP contribution in [0.15, 0.2) is 30.9 Å². The summed E-state index contributed by atoms with van der Waals surface area (Å²) in [6.07, 6.45) is 2.11. The zero-order valence-corrected chi connectivity index (χ0v) is 7.75. The lowest BCUT2D eigenvalue weighted by molar-refractivity contribution is -0.111. The van der Waals surface area contributed by atoms with E-state index >= 15 is 0 Å². The Kier molecular flexibility index (Phi) is 2.23. The standard InChI is InChI=1S/C11H11NO2/c1-2-11(13)12-9-4-3-5-10-8(9)6-7-14-10/h2-5H,1,6-7H2,(H,12,13). The summed E-state index contributed by atoms with van der Waals surface area (Å²) < 4.78 is 5.38. The second kappa shape index (κ2) is 3.54. The number of rotatable bonds is 2. The molecule has 0 radical (unpaired) electrons. The number of benzene rings is 1. The third-order valence-corrected chi connectivity index (χ3v) is 2.19. The molecule has 72 valence electrons. The van der Waals surface area contributed by atoms with Crippen LogP contribution in [0.4, 0.5) is 5.69 Å². The van der Waals surface area contributed by atoms with E-state index in [0.717, 1.165) is 23.4 Å². The number of fused-ring (bicyclic) bond motifs is 1. The van der Waals surface area contributed by atoms with Crippen LogP contribution >= 0.6 is 0 Å². The smallest absolute Gasteiger partial charge is 0.247 e. The molecule has 0 aromatic heterocycles. The SMILES string of the molecule is C=CC(=O)Nc1cccc2c1CCO2. The van der Waals surface area contributed by atoms with Crippen LogP contribution in [0.2, 0.25) is 0 Å². The Morgan fingerprint density at radius 2 is 2.43 bits per heavy atom. The molecule has 1 aromatic rings. The fourth-order valence-corrected chi connectivity index (χ4v) is 1.52. The summed E-state index contributed by atoms with van der Waals surface area (Å²) in [4.78, 5) is 11.1. The molecule has 0 saturated carbocycles. The summed E-state index contributed by atoms with van der Waals surface area (Å²) in [5.74, 6) is 0.678. The molecule has 0 unspecified atom stereocenters. The Morgan fingerprint density at radius 3 is 3.21 bits per heavy atom. The fraction of sp³-hybridized carbons (Fsp3) is 0.182. The van der Waals surface area contributed by atoms with Crippen molar-refractivity contribution in [2.75, 3.05) is 11.9 Å². The van der Waals surface area contributed by atoms with Crippen molar-refractivity contribution in [3.8, 4) is 5.75 Å². The van der Waals surface area contributed by atoms with E-state index in [2.05, 4.69) is 11.9 Å². The molecule has 1 N–H and O–H groups in total. The molecule has 1 aliphatic rings. The van der Waals surface area contributed by atoms with Gasteiger partial charge in [0, 0.05) is 17.7 Å². The number of ether oxygens (including phenoxy) is 1. The van der Waals surface area contributed by atoms with Crippen LogP contribution in [0.1, 0.15) is 5.56 Å². The van der Waals surface area contributed by atoms with Crippen molar-refractivity contribution >= 4 is 11.6 Å². The highest BCUT2D eigenvalue weighted by atomic mass is 16.5. The van der Waals surface area contributed by atoms with Crippen LogP contribution < -0.4 is 10.1 Å². The lowest BCUT2D eigenvalue weighted by Gasteiger charge is -2.06. The van der Waals surface area contributed by atoms with Crippen LogP contribution in [-0.4, -0.2) is 12.5 Å². The van der Waals surface area contributed by atoms with Gasteiger partial charge in [0.2, 0.25) is 5.91 Å². The Hall–Kier alpha value is -1.77. The molecule has 1 amide bonds. The second-order valence-corrected chi connectivity index (χ2v) is 3.07. The van der Waals surface area contributed by atoms with Crippen LogP contribution in [0.3, 0.4) is 0 Å². The minimum atomic E-state index is -0.190. The predicted molar refractivity (Wildman–Crippen MR) is 54.5 cm³/mol. The number of anilines is 1. The van der Waals surface area contributed by atoms with E-state index in [9.17, 15) is 4.79 Å². The van der Waals surface area contributed by atoms with Crippen molar-refractivity contribution in [3.05, 3.63) is 36.4 Å². The highest BCUT2D eigenvalue weighted by Gasteiger charge is 2.15. The maximum absolute atomic E-state index is 11.1. The number of hydrogen-bond acceptors (Lipinski definition) is 2. The normalized spacial score (nSPS) is 12.9. The number of amides is 1. The van der Waals surface area contributed by atoms with Crippen molar-refractivity contribution in [1.29, 1.82) is 0 Å². The van der Waals surface area contributed by atoms with Gasteiger partial charge >= 0.3 is 0 Å². The molecule has 3 heteroatoms. The lowest BCUT2D eigenvalue weighted by Crippen LogP contribution is -2.08. The van der Waals surface area contributed by atoms with Gasteiger partial charge in [-0.05, 0) is 18.2 Å². The molecule has 0 fully saturated rings. The summed E-state index contributed by atoms with van der Waals surface area (Å²) in [6.45, 7) is 4.10. The first kappa shape index (κ1) is 8.81. The Morgan fingerprint density at radius 1 is 1.57 bits per heavy atom. The number of nitrogens with one attached hydrogen (secondary N) is 1. The van der Waals surface area contributed by atoms with Gasteiger partial charge in [0.15, 0.2) is 0 Å². The molecule has 2 rings (SSSR count). The Balaban J connectivity index is 2.30. The summed E-state index contributed by atoms with van der Waals surface area (Å²) in [5.41, 5.74) is 1.90. The molecule has 0 bridgehead atoms. The largest absolute Gasteiger partial charge is 0.493 e. The summed E-state index contributed by atoms with van der Waals surface area (Å²) in [5, 5.41) is 2.75. The first-order valence-electron chi connectivity index (χ1n) is 4.49. The van der Waals surface area contributed by atoms with Crippen molar-refractivity contribution in [3.63, 3.8) is 0 Å². The van der Waals surface area contributed by atoms with Crippen molar-refractivity contribution in [2.24, 2.45) is 0 Å². The Labute approximate surface area is 82.4 Å². The summed E-state index contributed by atoms with van der Waals surface area (Å²) in [6, 6.07) is 5.64. The number of carbonyl (C=O) groups excluding carboxylic acids is 1. The van der Waals surface area contributed by atoms with E-state index < -0.39 is 0 Å². The summed E-state index contributed by atoms with van der Waals surface area (Å²) in [7, 11) is 0. The van der Waals surface area contributed by atoms with Gasteiger partial charge in [0.1, 0.15) is 5.75 Å². The molecule has 1 heterocycles. The highest BCUT2D eigenvalue weighted by molar-refractivity contribution is 5.99. The Bertz CT molecular complexity index is 385. The summed E-state index contributed by atoms with van der Waals surface area (Å²) >= 11 is 0. The van der Waals surface area contributed by atoms with E-state index in [1.54, 1.807) is 0 Å². The predicted octanol–water partition coefficient (Wildman–Crippen LogP) is 1.75. The van der Waals surface area contributed by atoms with E-state index in [1.165, 1.54) is 6.08 Å². The third kappa shape index (κ3) is 1.48. The van der Waals surface area contributed by atoms with Crippen LogP contribution in [-0.2, 0) is 11.2 Å². The average Bonchev–Trinajstić information content (AvgIpc) is 2.66. The van der Waals surface area contributed by atoms with Crippen molar-refractivity contribution in [1.82, 2.24) is 0 Å². The first-order chi connectivity index (χ1) is 6.81.